The second kappa shape index (κ2) is 5.41. The minimum atomic E-state index is -0.950. The first-order valence-electron chi connectivity index (χ1n) is 5.94. The zero-order chi connectivity index (χ0) is 14.9. The van der Waals surface area contributed by atoms with Crippen LogP contribution < -0.4 is 4.74 Å². The van der Waals surface area contributed by atoms with Crippen molar-refractivity contribution in [3.05, 3.63) is 28.9 Å². The normalized spacial score (nSPS) is 21.9. The fourth-order valence-electron chi connectivity index (χ4n) is 2.03. The summed E-state index contributed by atoms with van der Waals surface area (Å²) in [4.78, 5) is 23.1. The van der Waals surface area contributed by atoms with E-state index in [-0.39, 0.29) is 30.4 Å². The smallest absolute Gasteiger partial charge is 0.358 e. The molecule has 20 heavy (non-hydrogen) atoms. The van der Waals surface area contributed by atoms with Crippen LogP contribution in [-0.2, 0) is 4.79 Å². The molecule has 0 saturated carbocycles. The molecule has 0 radical (unpaired) electrons. The van der Waals surface area contributed by atoms with Crippen LogP contribution in [0.4, 0.5) is 10.1 Å². The van der Waals surface area contributed by atoms with E-state index in [9.17, 15) is 19.2 Å². The van der Waals surface area contributed by atoms with Gasteiger partial charge < -0.3 is 14.7 Å². The second-order valence-corrected chi connectivity index (χ2v) is 4.53. The predicted octanol–water partition coefficient (Wildman–Crippen LogP) is 0.596. The van der Waals surface area contributed by atoms with Gasteiger partial charge in [-0.1, -0.05) is 0 Å². The van der Waals surface area contributed by atoms with Crippen molar-refractivity contribution >= 4 is 11.6 Å². The van der Waals surface area contributed by atoms with Gasteiger partial charge in [-0.2, -0.15) is 0 Å². The van der Waals surface area contributed by atoms with Crippen molar-refractivity contribution in [1.29, 1.82) is 0 Å². The molecule has 1 aliphatic rings. The zero-order valence-electron chi connectivity index (χ0n) is 10.7. The molecule has 0 spiro atoms. The van der Waals surface area contributed by atoms with Gasteiger partial charge in [-0.05, 0) is 6.07 Å². The van der Waals surface area contributed by atoms with Crippen LogP contribution in [0.15, 0.2) is 18.2 Å². The molecule has 1 aliphatic heterocycles. The molecule has 1 heterocycles. The molecule has 1 fully saturated rings. The molecule has 1 amide bonds. The molecular formula is C12H14FN2O5+. The maximum Gasteiger partial charge on any atom is 0.358 e. The minimum absolute atomic E-state index is 0.102. The van der Waals surface area contributed by atoms with Gasteiger partial charge in [0, 0.05) is 19.1 Å². The summed E-state index contributed by atoms with van der Waals surface area (Å²) in [6.07, 6.45) is -1.74. The Hall–Kier alpha value is -2.22. The van der Waals surface area contributed by atoms with Gasteiger partial charge in [0.05, 0.1) is 18.0 Å². The molecule has 0 aromatic heterocycles. The lowest BCUT2D eigenvalue weighted by Crippen LogP contribution is -2.30. The summed E-state index contributed by atoms with van der Waals surface area (Å²) in [7, 11) is 0. The number of benzene rings is 1. The fourth-order valence-corrected chi connectivity index (χ4v) is 2.03. The Balaban J connectivity index is 2.20. The minimum Gasteiger partial charge on any atom is -0.479 e. The molecule has 108 valence electrons. The summed E-state index contributed by atoms with van der Waals surface area (Å²) in [5.41, 5.74) is -0.278. The van der Waals surface area contributed by atoms with E-state index in [0.29, 0.717) is 0 Å². The summed E-state index contributed by atoms with van der Waals surface area (Å²) >= 11 is 0. The van der Waals surface area contributed by atoms with Crippen LogP contribution >= 0.6 is 0 Å². The largest absolute Gasteiger partial charge is 0.479 e. The van der Waals surface area contributed by atoms with Crippen LogP contribution in [0.5, 0.6) is 5.75 Å². The van der Waals surface area contributed by atoms with Gasteiger partial charge in [-0.25, -0.2) is 9.60 Å². The number of aliphatic hydroxyl groups is 1. The number of ether oxygens (including phenoxy) is 1. The molecule has 0 aliphatic carbocycles. The third-order valence-corrected chi connectivity index (χ3v) is 3.09. The Labute approximate surface area is 113 Å². The van der Waals surface area contributed by atoms with Crippen molar-refractivity contribution in [1.82, 2.24) is 4.90 Å². The van der Waals surface area contributed by atoms with E-state index >= 15 is 0 Å². The monoisotopic (exact) mass is 285 g/mol. The van der Waals surface area contributed by atoms with Gasteiger partial charge in [-0.15, -0.1) is 0 Å². The molecule has 7 nitrogen and oxygen atoms in total. The van der Waals surface area contributed by atoms with Crippen molar-refractivity contribution in [2.75, 3.05) is 13.1 Å². The summed E-state index contributed by atoms with van der Waals surface area (Å²) in [6, 6.07) is 2.98. The number of nitrogens with zero attached hydrogens (tertiary/aromatic N) is 2. The number of carbonyl (C=O) groups is 1. The number of amides is 1. The number of hydrogen-bond acceptors (Lipinski definition) is 4. The van der Waals surface area contributed by atoms with Crippen LogP contribution in [0.1, 0.15) is 6.92 Å². The summed E-state index contributed by atoms with van der Waals surface area (Å²) in [5, 5.41) is 18.7. The number of carbonyl (C=O) groups excluding carboxylic acids is 1. The van der Waals surface area contributed by atoms with E-state index in [1.165, 1.54) is 11.8 Å². The maximum atomic E-state index is 13.2. The first-order chi connectivity index (χ1) is 9.38. The Morgan fingerprint density at radius 3 is 2.75 bits per heavy atom. The highest BCUT2D eigenvalue weighted by atomic mass is 19.1. The van der Waals surface area contributed by atoms with Crippen molar-refractivity contribution < 1.29 is 29.2 Å². The molecular weight excluding hydrogens is 271 g/mol. The second-order valence-electron chi connectivity index (χ2n) is 4.53. The predicted molar refractivity (Wildman–Crippen MR) is 64.2 cm³/mol. The molecule has 1 saturated heterocycles. The van der Waals surface area contributed by atoms with Gasteiger partial charge in [0.25, 0.3) is 4.92 Å². The lowest BCUT2D eigenvalue weighted by molar-refractivity contribution is -0.730. The fraction of sp³-hybridized carbons (Fsp3) is 0.417. The Morgan fingerprint density at radius 1 is 1.50 bits per heavy atom. The number of hydrogen-bond donors (Lipinski definition) is 2. The van der Waals surface area contributed by atoms with E-state index in [1.807, 2.05) is 0 Å². The molecule has 0 bridgehead atoms. The first-order valence-corrected chi connectivity index (χ1v) is 5.94. The average Bonchev–Trinajstić information content (AvgIpc) is 2.71. The lowest BCUT2D eigenvalue weighted by Gasteiger charge is -2.15. The maximum absolute atomic E-state index is 13.2. The molecule has 1 aromatic carbocycles. The number of β-amino-alcohol motifs (C(OH)–C–C–N with tert-alkyl or cyclic N) is 1. The molecule has 8 heteroatoms. The number of aliphatic hydroxyl groups excluding tert-OH is 1. The number of halogens is 1. The highest BCUT2D eigenvalue weighted by molar-refractivity contribution is 5.73. The Kier molecular flexibility index (Phi) is 3.84. The van der Waals surface area contributed by atoms with Crippen LogP contribution in [-0.4, -0.2) is 51.3 Å². The van der Waals surface area contributed by atoms with Gasteiger partial charge in [0.1, 0.15) is 18.0 Å². The van der Waals surface area contributed by atoms with E-state index in [2.05, 4.69) is 0 Å². The number of likely N-dealkylation sites (tertiary alicyclic amines) is 1. The molecule has 0 unspecified atom stereocenters. The average molecular weight is 285 g/mol. The third kappa shape index (κ3) is 2.85. The molecule has 2 atom stereocenters. The first kappa shape index (κ1) is 14.2. The van der Waals surface area contributed by atoms with E-state index in [1.54, 1.807) is 0 Å². The molecule has 2 N–H and O–H groups in total. The van der Waals surface area contributed by atoms with E-state index in [4.69, 9.17) is 9.94 Å². The summed E-state index contributed by atoms with van der Waals surface area (Å²) < 4.78 is 18.5. The van der Waals surface area contributed by atoms with E-state index < -0.39 is 22.9 Å². The lowest BCUT2D eigenvalue weighted by atomic mass is 10.2. The van der Waals surface area contributed by atoms with Crippen molar-refractivity contribution in [3.63, 3.8) is 0 Å². The number of rotatable bonds is 3. The Bertz CT molecular complexity index is 551. The Morgan fingerprint density at radius 2 is 2.20 bits per heavy atom. The van der Waals surface area contributed by atoms with Crippen LogP contribution in [0.2, 0.25) is 0 Å². The van der Waals surface area contributed by atoms with Crippen LogP contribution in [0.25, 0.3) is 0 Å². The zero-order valence-corrected chi connectivity index (χ0v) is 10.7. The van der Waals surface area contributed by atoms with Crippen molar-refractivity contribution in [3.8, 4) is 5.75 Å². The van der Waals surface area contributed by atoms with Crippen molar-refractivity contribution in [2.24, 2.45) is 0 Å². The van der Waals surface area contributed by atoms with E-state index in [0.717, 1.165) is 18.2 Å². The highest BCUT2D eigenvalue weighted by Gasteiger charge is 2.36. The van der Waals surface area contributed by atoms with Crippen LogP contribution in [0.3, 0.4) is 0 Å². The van der Waals surface area contributed by atoms with Gasteiger partial charge in [0.2, 0.25) is 11.7 Å². The molecule has 1 aromatic rings. The highest BCUT2D eigenvalue weighted by Crippen LogP contribution is 2.29. The third-order valence-electron chi connectivity index (χ3n) is 3.09. The summed E-state index contributed by atoms with van der Waals surface area (Å²) in [6.45, 7) is 1.58. The summed E-state index contributed by atoms with van der Waals surface area (Å²) in [5.74, 6) is -1.07. The van der Waals surface area contributed by atoms with Gasteiger partial charge >= 0.3 is 5.69 Å². The van der Waals surface area contributed by atoms with Gasteiger partial charge in [0.15, 0.2) is 0 Å². The SMILES string of the molecule is CC(=O)N1C[C@H](Oc2cc(F)ccc2[N+](=O)O)[C@@H](O)C1. The topological polar surface area (TPSA) is 90.1 Å². The quantitative estimate of drug-likeness (QED) is 0.794. The molecule has 2 rings (SSSR count). The van der Waals surface area contributed by atoms with Crippen molar-refractivity contribution in [2.45, 2.75) is 19.1 Å². The standard InChI is InChI=1S/C12H14FN2O5/c1-7(16)14-5-10(17)12(6-14)20-11-4-8(13)2-3-9(11)15(18)19/h2-4,10,12,17H,5-6H2,1H3,(H,18,19)/q+1/t10-,12-/m0/s1. The van der Waals surface area contributed by atoms with Gasteiger partial charge in [-0.3, -0.25) is 4.79 Å². The van der Waals surface area contributed by atoms with Crippen LogP contribution in [0, 0.1) is 10.7 Å².